The molecular formula is C14H20N2O3. The van der Waals surface area contributed by atoms with Gasteiger partial charge < -0.3 is 19.7 Å². The van der Waals surface area contributed by atoms with Gasteiger partial charge in [-0.1, -0.05) is 0 Å². The molecule has 1 saturated heterocycles. The van der Waals surface area contributed by atoms with Crippen LogP contribution >= 0.6 is 0 Å². The van der Waals surface area contributed by atoms with Gasteiger partial charge in [0, 0.05) is 37.3 Å². The maximum absolute atomic E-state index is 12.5. The van der Waals surface area contributed by atoms with Crippen molar-refractivity contribution in [2.75, 3.05) is 33.9 Å². The van der Waals surface area contributed by atoms with Crippen molar-refractivity contribution >= 4 is 5.91 Å². The maximum Gasteiger partial charge on any atom is 0.254 e. The number of nitrogens with one attached hydrogen (secondary N) is 1. The highest BCUT2D eigenvalue weighted by Gasteiger charge is 2.22. The molecule has 0 unspecified atom stereocenters. The number of carbonyl (C=O) groups excluding carboxylic acids is 1. The second-order valence-electron chi connectivity index (χ2n) is 4.71. The average Bonchev–Trinajstić information content (AvgIpc) is 2.45. The molecule has 5 heteroatoms. The van der Waals surface area contributed by atoms with Crippen LogP contribution in [0.5, 0.6) is 11.5 Å². The Balaban J connectivity index is 2.22. The zero-order valence-electron chi connectivity index (χ0n) is 11.6. The molecule has 1 N–H and O–H groups in total. The summed E-state index contributed by atoms with van der Waals surface area (Å²) in [7, 11) is 3.16. The summed E-state index contributed by atoms with van der Waals surface area (Å²) in [6.07, 6.45) is 0. The Kier molecular flexibility index (Phi) is 4.27. The zero-order chi connectivity index (χ0) is 13.8. The second-order valence-corrected chi connectivity index (χ2v) is 4.71. The van der Waals surface area contributed by atoms with Gasteiger partial charge in [-0.05, 0) is 19.1 Å². The molecule has 1 aliphatic rings. The van der Waals surface area contributed by atoms with E-state index in [9.17, 15) is 4.79 Å². The number of ether oxygens (including phenoxy) is 2. The van der Waals surface area contributed by atoms with Gasteiger partial charge in [-0.25, -0.2) is 0 Å². The van der Waals surface area contributed by atoms with Crippen LogP contribution in [-0.2, 0) is 0 Å². The average molecular weight is 264 g/mol. The van der Waals surface area contributed by atoms with Gasteiger partial charge in [0.2, 0.25) is 0 Å². The molecular weight excluding hydrogens is 244 g/mol. The minimum atomic E-state index is 0.0190. The monoisotopic (exact) mass is 264 g/mol. The van der Waals surface area contributed by atoms with Crippen LogP contribution in [0.15, 0.2) is 18.2 Å². The fourth-order valence-electron chi connectivity index (χ4n) is 2.23. The van der Waals surface area contributed by atoms with E-state index in [0.29, 0.717) is 23.1 Å². The van der Waals surface area contributed by atoms with Crippen molar-refractivity contribution < 1.29 is 14.3 Å². The quantitative estimate of drug-likeness (QED) is 0.889. The van der Waals surface area contributed by atoms with E-state index in [1.54, 1.807) is 32.4 Å². The lowest BCUT2D eigenvalue weighted by molar-refractivity contribution is 0.0708. The molecule has 0 aromatic heterocycles. The molecule has 1 fully saturated rings. The normalized spacial score (nSPS) is 19.1. The van der Waals surface area contributed by atoms with Crippen LogP contribution in [0.25, 0.3) is 0 Å². The van der Waals surface area contributed by atoms with Gasteiger partial charge in [-0.15, -0.1) is 0 Å². The number of rotatable bonds is 3. The number of methoxy groups -OCH3 is 2. The first-order valence-corrected chi connectivity index (χ1v) is 6.39. The van der Waals surface area contributed by atoms with Crippen molar-refractivity contribution in [3.05, 3.63) is 23.8 Å². The van der Waals surface area contributed by atoms with Crippen molar-refractivity contribution in [3.63, 3.8) is 0 Å². The molecule has 0 radical (unpaired) electrons. The molecule has 2 rings (SSSR count). The zero-order valence-corrected chi connectivity index (χ0v) is 11.6. The number of nitrogens with zero attached hydrogens (tertiary/aromatic N) is 1. The highest BCUT2D eigenvalue weighted by Crippen LogP contribution is 2.23. The van der Waals surface area contributed by atoms with E-state index in [4.69, 9.17) is 9.47 Å². The minimum absolute atomic E-state index is 0.0190. The fourth-order valence-corrected chi connectivity index (χ4v) is 2.23. The number of benzene rings is 1. The van der Waals surface area contributed by atoms with Crippen molar-refractivity contribution in [3.8, 4) is 11.5 Å². The molecule has 0 saturated carbocycles. The van der Waals surface area contributed by atoms with Crippen LogP contribution in [0.2, 0.25) is 0 Å². The van der Waals surface area contributed by atoms with E-state index in [1.807, 2.05) is 4.90 Å². The standard InChI is InChI=1S/C14H20N2O3/c1-10-9-16(5-4-15-10)14(17)11-6-12(18-2)8-13(7-11)19-3/h6-8,10,15H,4-5,9H2,1-3H3/t10-/m1/s1. The summed E-state index contributed by atoms with van der Waals surface area (Å²) in [5.74, 6) is 1.28. The van der Waals surface area contributed by atoms with Crippen LogP contribution in [0.4, 0.5) is 0 Å². The molecule has 0 aliphatic carbocycles. The molecule has 1 amide bonds. The van der Waals surface area contributed by atoms with E-state index in [-0.39, 0.29) is 5.91 Å². The Hall–Kier alpha value is -1.75. The van der Waals surface area contributed by atoms with Crippen LogP contribution in [-0.4, -0.2) is 50.7 Å². The Bertz CT molecular complexity index is 440. The number of piperazine rings is 1. The number of amides is 1. The van der Waals surface area contributed by atoms with Gasteiger partial charge in [-0.3, -0.25) is 4.79 Å². The minimum Gasteiger partial charge on any atom is -0.497 e. The smallest absolute Gasteiger partial charge is 0.254 e. The highest BCUT2D eigenvalue weighted by molar-refractivity contribution is 5.95. The number of carbonyl (C=O) groups is 1. The second kappa shape index (κ2) is 5.93. The van der Waals surface area contributed by atoms with E-state index < -0.39 is 0 Å². The highest BCUT2D eigenvalue weighted by atomic mass is 16.5. The van der Waals surface area contributed by atoms with Gasteiger partial charge in [0.25, 0.3) is 5.91 Å². The summed E-state index contributed by atoms with van der Waals surface area (Å²) in [5, 5.41) is 3.32. The molecule has 5 nitrogen and oxygen atoms in total. The first-order valence-electron chi connectivity index (χ1n) is 6.39. The van der Waals surface area contributed by atoms with Gasteiger partial charge in [0.05, 0.1) is 14.2 Å². The van der Waals surface area contributed by atoms with Crippen LogP contribution in [0.1, 0.15) is 17.3 Å². The van der Waals surface area contributed by atoms with E-state index >= 15 is 0 Å². The Morgan fingerprint density at radius 1 is 1.26 bits per heavy atom. The predicted octanol–water partition coefficient (Wildman–Crippen LogP) is 1.14. The van der Waals surface area contributed by atoms with Crippen molar-refractivity contribution in [1.82, 2.24) is 10.2 Å². The fraction of sp³-hybridized carbons (Fsp3) is 0.500. The largest absolute Gasteiger partial charge is 0.497 e. The molecule has 1 aliphatic heterocycles. The van der Waals surface area contributed by atoms with Gasteiger partial charge >= 0.3 is 0 Å². The topological polar surface area (TPSA) is 50.8 Å². The molecule has 1 heterocycles. The Morgan fingerprint density at radius 2 is 1.89 bits per heavy atom. The lowest BCUT2D eigenvalue weighted by Crippen LogP contribution is -2.51. The SMILES string of the molecule is COc1cc(OC)cc(C(=O)N2CCN[C@H](C)C2)c1. The van der Waals surface area contributed by atoms with Crippen molar-refractivity contribution in [2.45, 2.75) is 13.0 Å². The molecule has 19 heavy (non-hydrogen) atoms. The van der Waals surface area contributed by atoms with Crippen LogP contribution < -0.4 is 14.8 Å². The van der Waals surface area contributed by atoms with Crippen LogP contribution in [0.3, 0.4) is 0 Å². The lowest BCUT2D eigenvalue weighted by Gasteiger charge is -2.32. The number of hydrogen-bond donors (Lipinski definition) is 1. The Labute approximate surface area is 113 Å². The summed E-state index contributed by atoms with van der Waals surface area (Å²) in [6.45, 7) is 4.35. The van der Waals surface area contributed by atoms with Gasteiger partial charge in [-0.2, -0.15) is 0 Å². The van der Waals surface area contributed by atoms with Gasteiger partial charge in [0.15, 0.2) is 0 Å². The third-order valence-electron chi connectivity index (χ3n) is 3.25. The first kappa shape index (κ1) is 13.7. The molecule has 1 aromatic rings. The maximum atomic E-state index is 12.5. The summed E-state index contributed by atoms with van der Waals surface area (Å²) < 4.78 is 10.4. The lowest BCUT2D eigenvalue weighted by atomic mass is 10.1. The molecule has 104 valence electrons. The number of hydrogen-bond acceptors (Lipinski definition) is 4. The molecule has 1 atom stereocenters. The van der Waals surface area contributed by atoms with Crippen molar-refractivity contribution in [1.29, 1.82) is 0 Å². The summed E-state index contributed by atoms with van der Waals surface area (Å²) >= 11 is 0. The van der Waals surface area contributed by atoms with Crippen molar-refractivity contribution in [2.24, 2.45) is 0 Å². The predicted molar refractivity (Wildman–Crippen MR) is 72.9 cm³/mol. The Morgan fingerprint density at radius 3 is 2.42 bits per heavy atom. The molecule has 0 spiro atoms. The molecule has 0 bridgehead atoms. The van der Waals surface area contributed by atoms with E-state index in [1.165, 1.54) is 0 Å². The third-order valence-corrected chi connectivity index (χ3v) is 3.25. The van der Waals surface area contributed by atoms with E-state index in [0.717, 1.165) is 19.6 Å². The summed E-state index contributed by atoms with van der Waals surface area (Å²) in [5.41, 5.74) is 0.602. The van der Waals surface area contributed by atoms with E-state index in [2.05, 4.69) is 12.2 Å². The van der Waals surface area contributed by atoms with Gasteiger partial charge in [0.1, 0.15) is 11.5 Å². The van der Waals surface area contributed by atoms with Crippen LogP contribution in [0, 0.1) is 0 Å². The summed E-state index contributed by atoms with van der Waals surface area (Å²) in [6, 6.07) is 5.58. The third kappa shape index (κ3) is 3.17. The first-order chi connectivity index (χ1) is 9.13. The molecule has 1 aromatic carbocycles. The summed E-state index contributed by atoms with van der Waals surface area (Å²) in [4.78, 5) is 14.3.